The quantitative estimate of drug-likeness (QED) is 0.432. The van der Waals surface area contributed by atoms with Crippen LogP contribution >= 0.6 is 0 Å². The highest BCUT2D eigenvalue weighted by Gasteiger charge is 2.09. The number of allylic oxidation sites excluding steroid dienone is 3. The van der Waals surface area contributed by atoms with Crippen molar-refractivity contribution < 1.29 is 0 Å². The van der Waals surface area contributed by atoms with Crippen molar-refractivity contribution in [2.45, 2.75) is 27.2 Å². The maximum Gasteiger partial charge on any atom is 0.0220 e. The first-order valence-corrected chi connectivity index (χ1v) is 3.87. The Hall–Kier alpha value is -0.850. The van der Waals surface area contributed by atoms with Gasteiger partial charge in [0, 0.05) is 6.20 Å². The third kappa shape index (κ3) is 5.59. The molecule has 0 bridgehead atoms. The summed E-state index contributed by atoms with van der Waals surface area (Å²) in [7, 11) is 0. The van der Waals surface area contributed by atoms with E-state index in [0.717, 1.165) is 6.42 Å². The van der Waals surface area contributed by atoms with E-state index in [2.05, 4.69) is 37.7 Å². The van der Waals surface area contributed by atoms with Gasteiger partial charge in [0.1, 0.15) is 0 Å². The molecule has 11 heavy (non-hydrogen) atoms. The zero-order valence-corrected chi connectivity index (χ0v) is 7.67. The van der Waals surface area contributed by atoms with Gasteiger partial charge in [-0.05, 0) is 25.5 Å². The molecule has 0 aromatic carbocycles. The van der Waals surface area contributed by atoms with Crippen LogP contribution in [0.5, 0.6) is 0 Å². The fraction of sp³-hybridized carbons (Fsp3) is 0.500. The molecule has 0 radical (unpaired) electrons. The van der Waals surface area contributed by atoms with Crippen LogP contribution in [0.1, 0.15) is 27.2 Å². The van der Waals surface area contributed by atoms with Gasteiger partial charge in [0.15, 0.2) is 0 Å². The SMILES string of the molecule is C=N/C=C\CC(C)(C)/C=C\C. The van der Waals surface area contributed by atoms with Crippen molar-refractivity contribution in [3.05, 3.63) is 24.4 Å². The number of rotatable bonds is 4. The minimum atomic E-state index is 0.246. The molecule has 0 aliphatic heterocycles. The van der Waals surface area contributed by atoms with E-state index in [1.807, 2.05) is 13.0 Å². The van der Waals surface area contributed by atoms with Crippen molar-refractivity contribution in [3.63, 3.8) is 0 Å². The van der Waals surface area contributed by atoms with Crippen LogP contribution in [0.25, 0.3) is 0 Å². The molecule has 0 aliphatic rings. The van der Waals surface area contributed by atoms with Gasteiger partial charge >= 0.3 is 0 Å². The predicted octanol–water partition coefficient (Wildman–Crippen LogP) is 3.19. The molecule has 0 aromatic heterocycles. The minimum absolute atomic E-state index is 0.246. The number of hydrogen-bond donors (Lipinski definition) is 0. The fourth-order valence-electron chi connectivity index (χ4n) is 0.950. The molecule has 0 rings (SSSR count). The molecule has 1 heteroatoms. The zero-order chi connectivity index (χ0) is 8.74. The summed E-state index contributed by atoms with van der Waals surface area (Å²) in [4.78, 5) is 3.64. The molecule has 0 fully saturated rings. The van der Waals surface area contributed by atoms with Crippen molar-refractivity contribution >= 4 is 6.72 Å². The summed E-state index contributed by atoms with van der Waals surface area (Å²) >= 11 is 0. The van der Waals surface area contributed by atoms with E-state index in [1.54, 1.807) is 6.20 Å². The molecule has 62 valence electrons. The molecule has 0 atom stereocenters. The summed E-state index contributed by atoms with van der Waals surface area (Å²) in [5.41, 5.74) is 0.246. The van der Waals surface area contributed by atoms with E-state index < -0.39 is 0 Å². The van der Waals surface area contributed by atoms with Crippen molar-refractivity contribution in [3.8, 4) is 0 Å². The Kier molecular flexibility index (Phi) is 4.51. The molecule has 0 heterocycles. The molecule has 0 unspecified atom stereocenters. The lowest BCUT2D eigenvalue weighted by Crippen LogP contribution is -2.04. The molecule has 0 aromatic rings. The molecule has 0 N–H and O–H groups in total. The van der Waals surface area contributed by atoms with Gasteiger partial charge in [0.25, 0.3) is 0 Å². The minimum Gasteiger partial charge on any atom is -0.273 e. The summed E-state index contributed by atoms with van der Waals surface area (Å²) in [5, 5.41) is 0. The lowest BCUT2D eigenvalue weighted by atomic mass is 9.89. The topological polar surface area (TPSA) is 12.4 Å². The van der Waals surface area contributed by atoms with Gasteiger partial charge in [-0.25, -0.2) is 0 Å². The highest BCUT2D eigenvalue weighted by Crippen LogP contribution is 2.22. The second kappa shape index (κ2) is 4.89. The van der Waals surface area contributed by atoms with Gasteiger partial charge in [0.05, 0.1) is 0 Å². The average molecular weight is 151 g/mol. The monoisotopic (exact) mass is 151 g/mol. The summed E-state index contributed by atoms with van der Waals surface area (Å²) in [6.45, 7) is 9.80. The van der Waals surface area contributed by atoms with E-state index in [0.29, 0.717) is 0 Å². The largest absolute Gasteiger partial charge is 0.273 e. The predicted molar refractivity (Wildman–Crippen MR) is 51.9 cm³/mol. The van der Waals surface area contributed by atoms with E-state index >= 15 is 0 Å². The van der Waals surface area contributed by atoms with Crippen LogP contribution in [0, 0.1) is 5.41 Å². The average Bonchev–Trinajstić information content (AvgIpc) is 1.87. The first-order chi connectivity index (χ1) is 5.12. The molecule has 0 spiro atoms. The zero-order valence-electron chi connectivity index (χ0n) is 7.67. The van der Waals surface area contributed by atoms with Crippen LogP contribution < -0.4 is 0 Å². The van der Waals surface area contributed by atoms with E-state index in [-0.39, 0.29) is 5.41 Å². The van der Waals surface area contributed by atoms with Crippen LogP contribution in [-0.4, -0.2) is 6.72 Å². The van der Waals surface area contributed by atoms with E-state index in [1.165, 1.54) is 0 Å². The van der Waals surface area contributed by atoms with Gasteiger partial charge in [0.2, 0.25) is 0 Å². The first kappa shape index (κ1) is 10.2. The Morgan fingerprint density at radius 1 is 1.45 bits per heavy atom. The maximum atomic E-state index is 3.64. The molecule has 0 aliphatic carbocycles. The third-order valence-electron chi connectivity index (χ3n) is 1.47. The Bertz CT molecular complexity index is 164. The van der Waals surface area contributed by atoms with Crippen LogP contribution in [0.2, 0.25) is 0 Å². The first-order valence-electron chi connectivity index (χ1n) is 3.87. The van der Waals surface area contributed by atoms with Crippen molar-refractivity contribution in [1.29, 1.82) is 0 Å². The van der Waals surface area contributed by atoms with Gasteiger partial charge in [-0.15, -0.1) is 0 Å². The number of aliphatic imine (C=N–C) groups is 1. The maximum absolute atomic E-state index is 3.64. The Labute approximate surface area is 69.5 Å². The second-order valence-corrected chi connectivity index (χ2v) is 3.26. The van der Waals surface area contributed by atoms with Crippen molar-refractivity contribution in [2.24, 2.45) is 10.4 Å². The fourth-order valence-corrected chi connectivity index (χ4v) is 0.950. The van der Waals surface area contributed by atoms with Gasteiger partial charge in [-0.3, -0.25) is 4.99 Å². The normalized spacial score (nSPS) is 13.0. The number of hydrogen-bond acceptors (Lipinski definition) is 1. The van der Waals surface area contributed by atoms with Gasteiger partial charge < -0.3 is 0 Å². The van der Waals surface area contributed by atoms with Crippen LogP contribution in [0.3, 0.4) is 0 Å². The smallest absolute Gasteiger partial charge is 0.0220 e. The summed E-state index contributed by atoms with van der Waals surface area (Å²) in [5.74, 6) is 0. The van der Waals surface area contributed by atoms with Crippen LogP contribution in [0.15, 0.2) is 29.4 Å². The number of nitrogens with zero attached hydrogens (tertiary/aromatic N) is 1. The highest BCUT2D eigenvalue weighted by atomic mass is 14.6. The molecular weight excluding hydrogens is 134 g/mol. The molecule has 1 nitrogen and oxygen atoms in total. The standard InChI is InChI=1S/C10H17N/c1-5-7-10(2,3)8-6-9-11-4/h5-7,9H,4,8H2,1-3H3/b7-5-,9-6-. The molecule has 0 amide bonds. The van der Waals surface area contributed by atoms with Crippen molar-refractivity contribution in [1.82, 2.24) is 0 Å². The Morgan fingerprint density at radius 3 is 2.55 bits per heavy atom. The summed E-state index contributed by atoms with van der Waals surface area (Å²) in [6.07, 6.45) is 9.06. The summed E-state index contributed by atoms with van der Waals surface area (Å²) in [6, 6.07) is 0. The Balaban J connectivity index is 3.90. The summed E-state index contributed by atoms with van der Waals surface area (Å²) < 4.78 is 0. The second-order valence-electron chi connectivity index (χ2n) is 3.26. The van der Waals surface area contributed by atoms with Crippen LogP contribution in [-0.2, 0) is 0 Å². The Morgan fingerprint density at radius 2 is 2.09 bits per heavy atom. The molecular formula is C10H17N. The highest BCUT2D eigenvalue weighted by molar-refractivity contribution is 5.25. The molecule has 0 saturated heterocycles. The van der Waals surface area contributed by atoms with E-state index in [4.69, 9.17) is 0 Å². The van der Waals surface area contributed by atoms with E-state index in [9.17, 15) is 0 Å². The van der Waals surface area contributed by atoms with Gasteiger partial charge in [-0.2, -0.15) is 0 Å². The van der Waals surface area contributed by atoms with Crippen LogP contribution in [0.4, 0.5) is 0 Å². The lowest BCUT2D eigenvalue weighted by molar-refractivity contribution is 0.488. The van der Waals surface area contributed by atoms with Gasteiger partial charge in [-0.1, -0.05) is 32.1 Å². The molecule has 0 saturated carbocycles. The third-order valence-corrected chi connectivity index (χ3v) is 1.47. The lowest BCUT2D eigenvalue weighted by Gasteiger charge is -2.16. The van der Waals surface area contributed by atoms with Crippen molar-refractivity contribution in [2.75, 3.05) is 0 Å².